The maximum absolute atomic E-state index is 14.5. The number of hydrogen-bond donors (Lipinski definition) is 1. The maximum atomic E-state index is 14.5. The fourth-order valence-electron chi connectivity index (χ4n) is 2.43. The summed E-state index contributed by atoms with van der Waals surface area (Å²) < 4.78 is 40.0. The molecule has 0 saturated carbocycles. The zero-order valence-corrected chi connectivity index (χ0v) is 16.6. The van der Waals surface area contributed by atoms with Gasteiger partial charge in [0.05, 0.1) is 11.2 Å². The third-order valence-corrected chi connectivity index (χ3v) is 5.56. The summed E-state index contributed by atoms with van der Waals surface area (Å²) in [6, 6.07) is 2.03. The Morgan fingerprint density at radius 3 is 2.22 bits per heavy atom. The Balaban J connectivity index is 2.48. The first kappa shape index (κ1) is 21.6. The number of thioether (sulfide) groups is 1. The lowest BCUT2D eigenvalue weighted by Crippen LogP contribution is -2.41. The summed E-state index contributed by atoms with van der Waals surface area (Å²) in [6.07, 6.45) is 1.35. The van der Waals surface area contributed by atoms with E-state index < -0.39 is 41.5 Å². The predicted molar refractivity (Wildman–Crippen MR) is 101 cm³/mol. The molecule has 0 bridgehead atoms. The van der Waals surface area contributed by atoms with Crippen molar-refractivity contribution in [3.8, 4) is 0 Å². The smallest absolute Gasteiger partial charge is 0.477 e. The van der Waals surface area contributed by atoms with E-state index in [0.29, 0.717) is 5.47 Å². The van der Waals surface area contributed by atoms with Crippen molar-refractivity contribution in [1.29, 1.82) is 0 Å². The van der Waals surface area contributed by atoms with E-state index in [1.165, 1.54) is 13.0 Å². The van der Waals surface area contributed by atoms with Gasteiger partial charge < -0.3 is 14.4 Å². The van der Waals surface area contributed by atoms with Crippen molar-refractivity contribution in [1.82, 2.24) is 0 Å². The van der Waals surface area contributed by atoms with Crippen LogP contribution in [0.2, 0.25) is 0 Å². The van der Waals surface area contributed by atoms with Gasteiger partial charge in [-0.3, -0.25) is 4.79 Å². The largest absolute Gasteiger partial charge is 0.491 e. The Kier molecular flexibility index (Phi) is 6.18. The van der Waals surface area contributed by atoms with Crippen molar-refractivity contribution in [2.45, 2.75) is 45.8 Å². The SMILES string of the molecule is CC(=O)SCC(=Cc1ccc(F)c(C(=O)O)c1F)B1OC(C)(C)C(C)(C)O1. The summed E-state index contributed by atoms with van der Waals surface area (Å²) in [5, 5.41) is 8.88. The first-order chi connectivity index (χ1) is 12.4. The van der Waals surface area contributed by atoms with Crippen molar-refractivity contribution in [2.24, 2.45) is 0 Å². The van der Waals surface area contributed by atoms with Gasteiger partial charge in [0, 0.05) is 18.2 Å². The molecular formula is C18H21BF2O5S. The third-order valence-electron chi connectivity index (χ3n) is 4.67. The Morgan fingerprint density at radius 2 is 1.74 bits per heavy atom. The van der Waals surface area contributed by atoms with E-state index in [4.69, 9.17) is 14.4 Å². The normalized spacial score (nSPS) is 18.6. The van der Waals surface area contributed by atoms with Crippen LogP contribution in [0.1, 0.15) is 50.5 Å². The van der Waals surface area contributed by atoms with Gasteiger partial charge in [-0.1, -0.05) is 17.8 Å². The van der Waals surface area contributed by atoms with Crippen LogP contribution >= 0.6 is 11.8 Å². The van der Waals surface area contributed by atoms with Gasteiger partial charge in [0.2, 0.25) is 0 Å². The second-order valence-electron chi connectivity index (χ2n) is 7.22. The molecule has 0 atom stereocenters. The molecule has 0 amide bonds. The summed E-state index contributed by atoms with van der Waals surface area (Å²) in [4.78, 5) is 22.5. The van der Waals surface area contributed by atoms with Crippen LogP contribution in [0.4, 0.5) is 8.78 Å². The van der Waals surface area contributed by atoms with Crippen LogP contribution in [0.5, 0.6) is 0 Å². The quantitative estimate of drug-likeness (QED) is 0.758. The summed E-state index contributed by atoms with van der Waals surface area (Å²) in [7, 11) is -0.848. The number of rotatable bonds is 5. The molecule has 1 fully saturated rings. The van der Waals surface area contributed by atoms with Crippen molar-refractivity contribution < 1.29 is 32.8 Å². The summed E-state index contributed by atoms with van der Waals surface area (Å²) >= 11 is 0.985. The van der Waals surface area contributed by atoms with Gasteiger partial charge in [0.1, 0.15) is 17.2 Å². The van der Waals surface area contributed by atoms with Crippen molar-refractivity contribution in [3.05, 3.63) is 40.4 Å². The Hall–Kier alpha value is -1.71. The molecule has 1 aliphatic rings. The summed E-state index contributed by atoms with van der Waals surface area (Å²) in [6.45, 7) is 8.80. The predicted octanol–water partition coefficient (Wildman–Crippen LogP) is 3.96. The number of carboxylic acid groups (broad SMARTS) is 1. The van der Waals surface area contributed by atoms with Gasteiger partial charge in [0.25, 0.3) is 0 Å². The maximum Gasteiger partial charge on any atom is 0.491 e. The number of halogens is 2. The Bertz CT molecular complexity index is 791. The van der Waals surface area contributed by atoms with Crippen molar-refractivity contribution in [3.63, 3.8) is 0 Å². The molecule has 146 valence electrons. The number of carbonyl (C=O) groups excluding carboxylic acids is 1. The molecule has 2 rings (SSSR count). The van der Waals surface area contributed by atoms with Gasteiger partial charge in [0.15, 0.2) is 5.12 Å². The Morgan fingerprint density at radius 1 is 1.19 bits per heavy atom. The topological polar surface area (TPSA) is 72.8 Å². The van der Waals surface area contributed by atoms with Gasteiger partial charge in [-0.15, -0.1) is 0 Å². The van der Waals surface area contributed by atoms with E-state index in [0.717, 1.165) is 23.9 Å². The average molecular weight is 398 g/mol. The van der Waals surface area contributed by atoms with Gasteiger partial charge >= 0.3 is 13.1 Å². The van der Waals surface area contributed by atoms with E-state index in [1.54, 1.807) is 0 Å². The minimum absolute atomic E-state index is 0.123. The van der Waals surface area contributed by atoms with Gasteiger partial charge in [-0.05, 0) is 45.3 Å². The van der Waals surface area contributed by atoms with E-state index in [-0.39, 0.29) is 16.4 Å². The molecule has 1 aromatic carbocycles. The number of hydrogen-bond acceptors (Lipinski definition) is 5. The van der Waals surface area contributed by atoms with Gasteiger partial charge in [-0.25, -0.2) is 13.6 Å². The Labute approximate surface area is 161 Å². The van der Waals surface area contributed by atoms with Crippen LogP contribution in [0, 0.1) is 11.6 Å². The fourth-order valence-corrected chi connectivity index (χ4v) is 3.02. The highest BCUT2D eigenvalue weighted by molar-refractivity contribution is 8.13. The van der Waals surface area contributed by atoms with E-state index in [9.17, 15) is 18.4 Å². The molecule has 27 heavy (non-hydrogen) atoms. The number of aromatic carboxylic acids is 1. The summed E-state index contributed by atoms with van der Waals surface area (Å²) in [5.41, 5.74) is -2.01. The lowest BCUT2D eigenvalue weighted by Gasteiger charge is -2.32. The third kappa shape index (κ3) is 4.59. The molecule has 1 aromatic rings. The van der Waals surface area contributed by atoms with Gasteiger partial charge in [-0.2, -0.15) is 0 Å². The molecule has 1 aliphatic heterocycles. The van der Waals surface area contributed by atoms with E-state index >= 15 is 0 Å². The molecule has 0 aromatic heterocycles. The van der Waals surface area contributed by atoms with Crippen LogP contribution < -0.4 is 0 Å². The monoisotopic (exact) mass is 398 g/mol. The average Bonchev–Trinajstić information content (AvgIpc) is 2.73. The van der Waals surface area contributed by atoms with Crippen LogP contribution in [0.15, 0.2) is 17.6 Å². The minimum atomic E-state index is -1.70. The molecule has 1 N–H and O–H groups in total. The van der Waals surface area contributed by atoms with E-state index in [1.807, 2.05) is 27.7 Å². The molecule has 0 spiro atoms. The zero-order chi connectivity index (χ0) is 20.6. The highest BCUT2D eigenvalue weighted by Crippen LogP contribution is 2.39. The standard InChI is InChI=1S/C18H21BF2O5S/c1-10(22)27-9-12(19-25-17(2,3)18(4,5)26-19)8-11-6-7-13(20)14(15(11)21)16(23)24/h6-8H,9H2,1-5H3,(H,23,24). The first-order valence-electron chi connectivity index (χ1n) is 8.26. The number of carboxylic acids is 1. The second-order valence-corrected chi connectivity index (χ2v) is 8.37. The van der Waals surface area contributed by atoms with Crippen molar-refractivity contribution in [2.75, 3.05) is 5.75 Å². The molecule has 0 aliphatic carbocycles. The highest BCUT2D eigenvalue weighted by atomic mass is 32.2. The first-order valence-corrected chi connectivity index (χ1v) is 9.25. The molecule has 0 radical (unpaired) electrons. The zero-order valence-electron chi connectivity index (χ0n) is 15.8. The molecule has 1 saturated heterocycles. The number of carbonyl (C=O) groups is 2. The highest BCUT2D eigenvalue weighted by Gasteiger charge is 2.52. The van der Waals surface area contributed by atoms with E-state index in [2.05, 4.69) is 0 Å². The van der Waals surface area contributed by atoms with Crippen LogP contribution in [0.3, 0.4) is 0 Å². The second kappa shape index (κ2) is 7.73. The lowest BCUT2D eigenvalue weighted by atomic mass is 9.78. The number of benzene rings is 1. The van der Waals surface area contributed by atoms with Crippen LogP contribution in [-0.2, 0) is 14.1 Å². The minimum Gasteiger partial charge on any atom is -0.477 e. The fraction of sp³-hybridized carbons (Fsp3) is 0.444. The molecule has 9 heteroatoms. The molecule has 0 unspecified atom stereocenters. The molecule has 1 heterocycles. The summed E-state index contributed by atoms with van der Waals surface area (Å²) in [5.74, 6) is -3.89. The van der Waals surface area contributed by atoms with Crippen LogP contribution in [-0.4, -0.2) is 40.3 Å². The molecule has 5 nitrogen and oxygen atoms in total. The van der Waals surface area contributed by atoms with Crippen molar-refractivity contribution >= 4 is 36.0 Å². The molecular weight excluding hydrogens is 377 g/mol. The van der Waals surface area contributed by atoms with Crippen LogP contribution in [0.25, 0.3) is 6.08 Å². The lowest BCUT2D eigenvalue weighted by molar-refractivity contribution is -0.109.